The van der Waals surface area contributed by atoms with Crippen LogP contribution in [-0.4, -0.2) is 29.9 Å². The van der Waals surface area contributed by atoms with Crippen molar-refractivity contribution in [1.29, 1.82) is 0 Å². The predicted molar refractivity (Wildman–Crippen MR) is 123 cm³/mol. The lowest BCUT2D eigenvalue weighted by molar-refractivity contribution is -0.113. The highest BCUT2D eigenvalue weighted by molar-refractivity contribution is 8.27. The van der Waals surface area contributed by atoms with Gasteiger partial charge in [-0.2, -0.15) is 0 Å². The standard InChI is InChI=1S/C22H24N2O2S2/c1-4-23(5-2)17-9-7-16(8-10-17)15-20-21(25)24(22(27)28-20)18-11-13-19(14-12-18)26-6-3/h7-15H,4-6H2,1-3H3/b20-15-. The number of carbonyl (C=O) groups excluding carboxylic acids is 1. The van der Waals surface area contributed by atoms with Gasteiger partial charge in [0.2, 0.25) is 0 Å². The summed E-state index contributed by atoms with van der Waals surface area (Å²) in [4.78, 5) is 17.4. The second-order valence-electron chi connectivity index (χ2n) is 6.21. The van der Waals surface area contributed by atoms with E-state index in [-0.39, 0.29) is 5.91 Å². The summed E-state index contributed by atoms with van der Waals surface area (Å²) >= 11 is 6.79. The molecule has 3 rings (SSSR count). The number of amides is 1. The Morgan fingerprint density at radius 1 is 1.04 bits per heavy atom. The molecule has 0 unspecified atom stereocenters. The molecule has 0 saturated carbocycles. The van der Waals surface area contributed by atoms with E-state index in [2.05, 4.69) is 30.9 Å². The highest BCUT2D eigenvalue weighted by atomic mass is 32.2. The lowest BCUT2D eigenvalue weighted by Crippen LogP contribution is -2.27. The summed E-state index contributed by atoms with van der Waals surface area (Å²) in [5.41, 5.74) is 2.93. The van der Waals surface area contributed by atoms with Crippen molar-refractivity contribution < 1.29 is 9.53 Å². The lowest BCUT2D eigenvalue weighted by atomic mass is 10.1. The molecule has 6 heteroatoms. The lowest BCUT2D eigenvalue weighted by Gasteiger charge is -2.20. The molecule has 1 aliphatic rings. The molecular formula is C22H24N2O2S2. The van der Waals surface area contributed by atoms with E-state index in [4.69, 9.17) is 17.0 Å². The van der Waals surface area contributed by atoms with Crippen LogP contribution in [0.5, 0.6) is 5.75 Å². The van der Waals surface area contributed by atoms with Gasteiger partial charge in [-0.1, -0.05) is 36.1 Å². The molecular weight excluding hydrogens is 388 g/mol. The summed E-state index contributed by atoms with van der Waals surface area (Å²) in [5.74, 6) is 0.688. The Balaban J connectivity index is 1.79. The molecule has 2 aromatic rings. The van der Waals surface area contributed by atoms with E-state index in [0.29, 0.717) is 15.8 Å². The molecule has 0 atom stereocenters. The predicted octanol–water partition coefficient (Wildman–Crippen LogP) is 5.34. The number of nitrogens with zero attached hydrogens (tertiary/aromatic N) is 2. The number of anilines is 2. The van der Waals surface area contributed by atoms with E-state index in [1.165, 1.54) is 17.4 Å². The van der Waals surface area contributed by atoms with Crippen LogP contribution in [0.2, 0.25) is 0 Å². The van der Waals surface area contributed by atoms with Crippen LogP contribution in [0.1, 0.15) is 26.3 Å². The highest BCUT2D eigenvalue weighted by Crippen LogP contribution is 2.36. The Kier molecular flexibility index (Phi) is 6.75. The van der Waals surface area contributed by atoms with Gasteiger partial charge in [-0.3, -0.25) is 9.69 Å². The average molecular weight is 413 g/mol. The number of hydrogen-bond donors (Lipinski definition) is 0. The van der Waals surface area contributed by atoms with Crippen LogP contribution in [0.25, 0.3) is 6.08 Å². The Morgan fingerprint density at radius 2 is 1.68 bits per heavy atom. The van der Waals surface area contributed by atoms with Crippen LogP contribution in [0, 0.1) is 0 Å². The summed E-state index contributed by atoms with van der Waals surface area (Å²) in [6.45, 7) is 8.77. The average Bonchev–Trinajstić information content (AvgIpc) is 2.98. The van der Waals surface area contributed by atoms with Crippen LogP contribution in [0.15, 0.2) is 53.4 Å². The first-order valence-electron chi connectivity index (χ1n) is 9.43. The van der Waals surface area contributed by atoms with Crippen molar-refractivity contribution in [3.05, 3.63) is 59.0 Å². The monoisotopic (exact) mass is 412 g/mol. The summed E-state index contributed by atoms with van der Waals surface area (Å²) < 4.78 is 6.01. The molecule has 4 nitrogen and oxygen atoms in total. The van der Waals surface area contributed by atoms with E-state index in [0.717, 1.165) is 30.1 Å². The molecule has 2 aromatic carbocycles. The summed E-state index contributed by atoms with van der Waals surface area (Å²) in [6, 6.07) is 15.7. The van der Waals surface area contributed by atoms with Crippen LogP contribution in [-0.2, 0) is 4.79 Å². The van der Waals surface area contributed by atoms with Gasteiger partial charge in [-0.05, 0) is 68.8 Å². The van der Waals surface area contributed by atoms with Crippen LogP contribution in [0.4, 0.5) is 11.4 Å². The van der Waals surface area contributed by atoms with Crippen molar-refractivity contribution >= 4 is 51.7 Å². The number of thiocarbonyl (C=S) groups is 1. The van der Waals surface area contributed by atoms with Gasteiger partial charge in [-0.15, -0.1) is 0 Å². The normalized spacial score (nSPS) is 15.4. The molecule has 1 heterocycles. The number of thioether (sulfide) groups is 1. The molecule has 1 amide bonds. The topological polar surface area (TPSA) is 32.8 Å². The Bertz CT molecular complexity index is 872. The molecule has 0 bridgehead atoms. The molecule has 1 saturated heterocycles. The maximum Gasteiger partial charge on any atom is 0.270 e. The Morgan fingerprint density at radius 3 is 2.25 bits per heavy atom. The van der Waals surface area contributed by atoms with E-state index in [9.17, 15) is 4.79 Å². The summed E-state index contributed by atoms with van der Waals surface area (Å²) in [7, 11) is 0. The number of rotatable bonds is 7. The van der Waals surface area contributed by atoms with Gasteiger partial charge >= 0.3 is 0 Å². The van der Waals surface area contributed by atoms with Gasteiger partial charge in [0.1, 0.15) is 5.75 Å². The molecule has 0 spiro atoms. The minimum atomic E-state index is -0.0908. The minimum Gasteiger partial charge on any atom is -0.494 e. The first kappa shape index (κ1) is 20.4. The minimum absolute atomic E-state index is 0.0908. The van der Waals surface area contributed by atoms with E-state index in [1.54, 1.807) is 4.90 Å². The van der Waals surface area contributed by atoms with Gasteiger partial charge in [0.05, 0.1) is 17.2 Å². The van der Waals surface area contributed by atoms with Crippen molar-refractivity contribution in [3.8, 4) is 5.75 Å². The van der Waals surface area contributed by atoms with Gasteiger partial charge in [0.25, 0.3) is 5.91 Å². The fourth-order valence-electron chi connectivity index (χ4n) is 3.07. The molecule has 0 aliphatic carbocycles. The van der Waals surface area contributed by atoms with E-state index < -0.39 is 0 Å². The zero-order chi connectivity index (χ0) is 20.1. The van der Waals surface area contributed by atoms with Crippen molar-refractivity contribution in [2.24, 2.45) is 0 Å². The third kappa shape index (κ3) is 4.39. The number of benzene rings is 2. The second-order valence-corrected chi connectivity index (χ2v) is 7.88. The zero-order valence-corrected chi connectivity index (χ0v) is 18.0. The third-order valence-electron chi connectivity index (χ3n) is 4.52. The Hall–Kier alpha value is -2.31. The zero-order valence-electron chi connectivity index (χ0n) is 16.3. The largest absolute Gasteiger partial charge is 0.494 e. The summed E-state index contributed by atoms with van der Waals surface area (Å²) in [6.07, 6.45) is 1.90. The second kappa shape index (κ2) is 9.26. The molecule has 0 radical (unpaired) electrons. The van der Waals surface area contributed by atoms with Gasteiger partial charge < -0.3 is 9.64 Å². The smallest absolute Gasteiger partial charge is 0.270 e. The van der Waals surface area contributed by atoms with E-state index in [1.807, 2.05) is 49.4 Å². The maximum absolute atomic E-state index is 12.9. The van der Waals surface area contributed by atoms with Gasteiger partial charge in [0.15, 0.2) is 4.32 Å². The van der Waals surface area contributed by atoms with Crippen molar-refractivity contribution in [2.45, 2.75) is 20.8 Å². The fourth-order valence-corrected chi connectivity index (χ4v) is 4.37. The first-order valence-corrected chi connectivity index (χ1v) is 10.7. The Labute approximate surface area is 176 Å². The fraction of sp³-hybridized carbons (Fsp3) is 0.273. The van der Waals surface area contributed by atoms with Crippen molar-refractivity contribution in [1.82, 2.24) is 0 Å². The van der Waals surface area contributed by atoms with E-state index >= 15 is 0 Å². The van der Waals surface area contributed by atoms with Crippen molar-refractivity contribution in [2.75, 3.05) is 29.5 Å². The number of hydrogen-bond acceptors (Lipinski definition) is 5. The molecule has 1 aliphatic heterocycles. The third-order valence-corrected chi connectivity index (χ3v) is 5.82. The first-order chi connectivity index (χ1) is 13.6. The quantitative estimate of drug-likeness (QED) is 0.453. The SMILES string of the molecule is CCOc1ccc(N2C(=O)/C(=C/c3ccc(N(CC)CC)cc3)SC2=S)cc1. The number of carbonyl (C=O) groups is 1. The van der Waals surface area contributed by atoms with Crippen LogP contribution < -0.4 is 14.5 Å². The molecule has 28 heavy (non-hydrogen) atoms. The van der Waals surface area contributed by atoms with Gasteiger partial charge in [-0.25, -0.2) is 0 Å². The molecule has 0 N–H and O–H groups in total. The van der Waals surface area contributed by atoms with Gasteiger partial charge in [0, 0.05) is 18.8 Å². The molecule has 146 valence electrons. The molecule has 0 aromatic heterocycles. The number of ether oxygens (including phenoxy) is 1. The van der Waals surface area contributed by atoms with Crippen molar-refractivity contribution in [3.63, 3.8) is 0 Å². The van der Waals surface area contributed by atoms with Crippen LogP contribution >= 0.6 is 24.0 Å². The molecule has 1 fully saturated rings. The highest BCUT2D eigenvalue weighted by Gasteiger charge is 2.33. The van der Waals surface area contributed by atoms with Crippen LogP contribution in [0.3, 0.4) is 0 Å². The maximum atomic E-state index is 12.9. The summed E-state index contributed by atoms with van der Waals surface area (Å²) in [5, 5.41) is 0.